The molecule has 1 N–H and O–H groups in total. The van der Waals surface area contributed by atoms with Crippen molar-refractivity contribution in [2.24, 2.45) is 0 Å². The Morgan fingerprint density at radius 2 is 1.96 bits per heavy atom. The standard InChI is InChI=1S/C21H24ClN3O2/c1-3-12-24(2)16-8-6-15(7-9-16)21(27)23-19-14-17(10-11-18(19)22)25-13-4-5-20(25)26/h6-11,14H,3-5,12-13H2,1-2H3,(H,23,27). The van der Waals surface area contributed by atoms with Crippen molar-refractivity contribution >= 4 is 40.5 Å². The summed E-state index contributed by atoms with van der Waals surface area (Å²) >= 11 is 6.25. The lowest BCUT2D eigenvalue weighted by Gasteiger charge is -2.19. The van der Waals surface area contributed by atoms with Gasteiger partial charge in [0.15, 0.2) is 0 Å². The summed E-state index contributed by atoms with van der Waals surface area (Å²) in [5.41, 5.74) is 2.89. The Hall–Kier alpha value is -2.53. The van der Waals surface area contributed by atoms with Crippen LogP contribution in [-0.2, 0) is 4.79 Å². The number of amides is 2. The van der Waals surface area contributed by atoms with Crippen molar-refractivity contribution in [1.82, 2.24) is 0 Å². The third-order valence-electron chi connectivity index (χ3n) is 4.71. The number of benzene rings is 2. The Labute approximate surface area is 164 Å². The molecule has 5 nitrogen and oxygen atoms in total. The molecule has 1 heterocycles. The number of nitrogens with zero attached hydrogens (tertiary/aromatic N) is 2. The van der Waals surface area contributed by atoms with Crippen molar-refractivity contribution < 1.29 is 9.59 Å². The molecule has 0 spiro atoms. The number of anilines is 3. The van der Waals surface area contributed by atoms with Gasteiger partial charge in [-0.05, 0) is 55.3 Å². The highest BCUT2D eigenvalue weighted by atomic mass is 35.5. The lowest BCUT2D eigenvalue weighted by atomic mass is 10.1. The highest BCUT2D eigenvalue weighted by Crippen LogP contribution is 2.30. The summed E-state index contributed by atoms with van der Waals surface area (Å²) in [6, 6.07) is 12.8. The molecule has 142 valence electrons. The molecule has 0 aromatic heterocycles. The van der Waals surface area contributed by atoms with Gasteiger partial charge in [0, 0.05) is 43.5 Å². The van der Waals surface area contributed by atoms with E-state index in [1.54, 1.807) is 35.2 Å². The van der Waals surface area contributed by atoms with Crippen molar-refractivity contribution in [3.05, 3.63) is 53.1 Å². The number of rotatable bonds is 6. The minimum absolute atomic E-state index is 0.0985. The van der Waals surface area contributed by atoms with E-state index in [2.05, 4.69) is 17.1 Å². The van der Waals surface area contributed by atoms with E-state index in [9.17, 15) is 9.59 Å². The van der Waals surface area contributed by atoms with Gasteiger partial charge in [-0.3, -0.25) is 9.59 Å². The molecule has 1 saturated heterocycles. The van der Waals surface area contributed by atoms with E-state index in [1.807, 2.05) is 19.2 Å². The zero-order chi connectivity index (χ0) is 19.4. The van der Waals surface area contributed by atoms with Gasteiger partial charge in [0.25, 0.3) is 5.91 Å². The summed E-state index contributed by atoms with van der Waals surface area (Å²) in [6.45, 7) is 3.79. The summed E-state index contributed by atoms with van der Waals surface area (Å²) in [5.74, 6) is -0.132. The first-order valence-corrected chi connectivity index (χ1v) is 9.60. The largest absolute Gasteiger partial charge is 0.375 e. The monoisotopic (exact) mass is 385 g/mol. The number of carbonyl (C=O) groups is 2. The first kappa shape index (κ1) is 19.2. The fourth-order valence-corrected chi connectivity index (χ4v) is 3.39. The Morgan fingerprint density at radius 3 is 2.59 bits per heavy atom. The summed E-state index contributed by atoms with van der Waals surface area (Å²) in [4.78, 5) is 28.4. The van der Waals surface area contributed by atoms with Gasteiger partial charge in [-0.15, -0.1) is 0 Å². The van der Waals surface area contributed by atoms with Gasteiger partial charge in [-0.1, -0.05) is 18.5 Å². The third kappa shape index (κ3) is 4.42. The molecule has 2 amide bonds. The Kier molecular flexibility index (Phi) is 6.01. The summed E-state index contributed by atoms with van der Waals surface area (Å²) < 4.78 is 0. The highest BCUT2D eigenvalue weighted by Gasteiger charge is 2.22. The highest BCUT2D eigenvalue weighted by molar-refractivity contribution is 6.34. The predicted molar refractivity (Wildman–Crippen MR) is 111 cm³/mol. The number of carbonyl (C=O) groups excluding carboxylic acids is 2. The van der Waals surface area contributed by atoms with E-state index in [4.69, 9.17) is 11.6 Å². The van der Waals surface area contributed by atoms with Crippen LogP contribution in [0.5, 0.6) is 0 Å². The second kappa shape index (κ2) is 8.44. The molecule has 0 atom stereocenters. The van der Waals surface area contributed by atoms with Crippen molar-refractivity contribution in [3.63, 3.8) is 0 Å². The SMILES string of the molecule is CCCN(C)c1ccc(C(=O)Nc2cc(N3CCCC3=O)ccc2Cl)cc1. The van der Waals surface area contributed by atoms with Crippen LogP contribution in [0.2, 0.25) is 5.02 Å². The van der Waals surface area contributed by atoms with Crippen LogP contribution < -0.4 is 15.1 Å². The fraction of sp³-hybridized carbons (Fsp3) is 0.333. The maximum Gasteiger partial charge on any atom is 0.255 e. The van der Waals surface area contributed by atoms with E-state index in [0.29, 0.717) is 29.2 Å². The fourth-order valence-electron chi connectivity index (χ4n) is 3.22. The molecular weight excluding hydrogens is 362 g/mol. The van der Waals surface area contributed by atoms with Crippen LogP contribution in [0.1, 0.15) is 36.5 Å². The van der Waals surface area contributed by atoms with Crippen molar-refractivity contribution in [2.75, 3.05) is 35.3 Å². The van der Waals surface area contributed by atoms with E-state index >= 15 is 0 Å². The molecule has 1 fully saturated rings. The minimum Gasteiger partial charge on any atom is -0.375 e. The molecule has 3 rings (SSSR count). The van der Waals surface area contributed by atoms with E-state index in [-0.39, 0.29) is 11.8 Å². The Balaban J connectivity index is 1.74. The molecule has 0 aliphatic carbocycles. The maximum atomic E-state index is 12.6. The van der Waals surface area contributed by atoms with Crippen LogP contribution >= 0.6 is 11.6 Å². The van der Waals surface area contributed by atoms with Crippen LogP contribution in [0.15, 0.2) is 42.5 Å². The topological polar surface area (TPSA) is 52.7 Å². The average molecular weight is 386 g/mol. The van der Waals surface area contributed by atoms with Crippen LogP contribution in [0.4, 0.5) is 17.1 Å². The molecule has 2 aromatic rings. The lowest BCUT2D eigenvalue weighted by molar-refractivity contribution is -0.117. The number of halogens is 1. The van der Waals surface area contributed by atoms with Gasteiger partial charge in [-0.2, -0.15) is 0 Å². The Morgan fingerprint density at radius 1 is 1.22 bits per heavy atom. The molecule has 1 aliphatic heterocycles. The van der Waals surface area contributed by atoms with Gasteiger partial charge in [-0.25, -0.2) is 0 Å². The van der Waals surface area contributed by atoms with Crippen LogP contribution in [0.25, 0.3) is 0 Å². The summed E-state index contributed by atoms with van der Waals surface area (Å²) in [5, 5.41) is 3.30. The van der Waals surface area contributed by atoms with E-state index in [1.165, 1.54) is 0 Å². The van der Waals surface area contributed by atoms with Crippen LogP contribution in [-0.4, -0.2) is 32.0 Å². The molecule has 0 bridgehead atoms. The van der Waals surface area contributed by atoms with Gasteiger partial charge < -0.3 is 15.1 Å². The van der Waals surface area contributed by atoms with Gasteiger partial charge in [0.05, 0.1) is 10.7 Å². The molecule has 27 heavy (non-hydrogen) atoms. The van der Waals surface area contributed by atoms with Gasteiger partial charge >= 0.3 is 0 Å². The quantitative estimate of drug-likeness (QED) is 0.792. The van der Waals surface area contributed by atoms with Crippen molar-refractivity contribution in [2.45, 2.75) is 26.2 Å². The molecule has 6 heteroatoms. The normalized spacial score (nSPS) is 13.7. The van der Waals surface area contributed by atoms with E-state index in [0.717, 1.165) is 30.8 Å². The maximum absolute atomic E-state index is 12.6. The van der Waals surface area contributed by atoms with E-state index < -0.39 is 0 Å². The summed E-state index contributed by atoms with van der Waals surface area (Å²) in [7, 11) is 2.03. The van der Waals surface area contributed by atoms with Crippen molar-refractivity contribution in [1.29, 1.82) is 0 Å². The average Bonchev–Trinajstić information content (AvgIpc) is 3.10. The van der Waals surface area contributed by atoms with Gasteiger partial charge in [0.1, 0.15) is 0 Å². The molecule has 0 saturated carbocycles. The zero-order valence-corrected chi connectivity index (χ0v) is 16.4. The molecule has 2 aromatic carbocycles. The first-order valence-electron chi connectivity index (χ1n) is 9.22. The number of nitrogens with one attached hydrogen (secondary N) is 1. The van der Waals surface area contributed by atoms with Crippen LogP contribution in [0.3, 0.4) is 0 Å². The Bertz CT molecular complexity index is 836. The number of hydrogen-bond donors (Lipinski definition) is 1. The smallest absolute Gasteiger partial charge is 0.255 e. The zero-order valence-electron chi connectivity index (χ0n) is 15.7. The molecule has 0 unspecified atom stereocenters. The lowest BCUT2D eigenvalue weighted by Crippen LogP contribution is -2.23. The molecular formula is C21H24ClN3O2. The molecule has 0 radical (unpaired) electrons. The second-order valence-electron chi connectivity index (χ2n) is 6.74. The number of hydrogen-bond acceptors (Lipinski definition) is 3. The van der Waals surface area contributed by atoms with Crippen molar-refractivity contribution in [3.8, 4) is 0 Å². The second-order valence-corrected chi connectivity index (χ2v) is 7.14. The van der Waals surface area contributed by atoms with Crippen LogP contribution in [0, 0.1) is 0 Å². The summed E-state index contributed by atoms with van der Waals surface area (Å²) in [6.07, 6.45) is 2.47. The molecule has 1 aliphatic rings. The first-order chi connectivity index (χ1) is 13.0. The van der Waals surface area contributed by atoms with Gasteiger partial charge in [0.2, 0.25) is 5.91 Å². The minimum atomic E-state index is -0.230. The third-order valence-corrected chi connectivity index (χ3v) is 5.04. The predicted octanol–water partition coefficient (Wildman–Crippen LogP) is 4.57.